The molecule has 0 saturated carbocycles. The van der Waals surface area contributed by atoms with Gasteiger partial charge in [-0.25, -0.2) is 0 Å². The third-order valence-corrected chi connectivity index (χ3v) is 3.95. The summed E-state index contributed by atoms with van der Waals surface area (Å²) in [6.07, 6.45) is 2.21. The van der Waals surface area contributed by atoms with Gasteiger partial charge in [-0.2, -0.15) is 0 Å². The van der Waals surface area contributed by atoms with Gasteiger partial charge in [0.2, 0.25) is 0 Å². The topological polar surface area (TPSA) is 35.6 Å². The number of benzene rings is 1. The van der Waals surface area contributed by atoms with Crippen LogP contribution < -0.4 is 5.32 Å². The molecule has 1 aromatic carbocycles. The molecule has 1 N–H and O–H groups in total. The van der Waals surface area contributed by atoms with Crippen molar-refractivity contribution >= 4 is 11.6 Å². The molecule has 0 aromatic heterocycles. The fourth-order valence-corrected chi connectivity index (χ4v) is 2.89. The number of likely N-dealkylation sites (tertiary alicyclic amines) is 1. The van der Waals surface area contributed by atoms with E-state index in [4.69, 9.17) is 0 Å². The highest BCUT2D eigenvalue weighted by Crippen LogP contribution is 2.22. The van der Waals surface area contributed by atoms with Crippen LogP contribution in [0.1, 0.15) is 23.2 Å². The van der Waals surface area contributed by atoms with Gasteiger partial charge >= 0.3 is 0 Å². The van der Waals surface area contributed by atoms with Crippen molar-refractivity contribution in [3.8, 4) is 0 Å². The fourth-order valence-electron chi connectivity index (χ4n) is 2.89. The average Bonchev–Trinajstić information content (AvgIpc) is 2.46. The van der Waals surface area contributed by atoms with Crippen molar-refractivity contribution < 1.29 is 4.79 Å². The van der Waals surface area contributed by atoms with Crippen molar-refractivity contribution in [2.45, 2.75) is 12.8 Å². The third kappa shape index (κ3) is 3.51. The van der Waals surface area contributed by atoms with Crippen molar-refractivity contribution in [3.05, 3.63) is 29.8 Å². The molecule has 1 aliphatic heterocycles. The number of carbonyl (C=O) groups is 1. The Morgan fingerprint density at radius 1 is 1.30 bits per heavy atom. The molecular weight excluding hydrogens is 250 g/mol. The first-order valence-corrected chi connectivity index (χ1v) is 7.32. The second kappa shape index (κ2) is 6.75. The van der Waals surface area contributed by atoms with Crippen LogP contribution in [0.3, 0.4) is 0 Å². The van der Waals surface area contributed by atoms with Crippen molar-refractivity contribution in [3.63, 3.8) is 0 Å². The highest BCUT2D eigenvalue weighted by Gasteiger charge is 2.24. The molecule has 1 aromatic rings. The second-order valence-corrected chi connectivity index (χ2v) is 5.79. The average molecular weight is 275 g/mol. The Balaban J connectivity index is 1.98. The number of hydrogen-bond donors (Lipinski definition) is 1. The summed E-state index contributed by atoms with van der Waals surface area (Å²) in [6.45, 7) is 2.86. The van der Waals surface area contributed by atoms with E-state index in [0.29, 0.717) is 5.92 Å². The molecule has 110 valence electrons. The summed E-state index contributed by atoms with van der Waals surface area (Å²) in [5.74, 6) is 0.867. The zero-order chi connectivity index (χ0) is 14.5. The summed E-state index contributed by atoms with van der Waals surface area (Å²) < 4.78 is 0. The summed E-state index contributed by atoms with van der Waals surface area (Å²) in [7, 11) is 6.08. The molecule has 0 radical (unpaired) electrons. The number of carbonyl (C=O) groups excluding carboxylic acids is 1. The number of rotatable bonds is 4. The molecule has 1 heterocycles. The minimum absolute atomic E-state index is 0.151. The van der Waals surface area contributed by atoms with Gasteiger partial charge in [0.15, 0.2) is 0 Å². The molecular formula is C16H25N3O. The summed E-state index contributed by atoms with van der Waals surface area (Å²) in [5, 5.41) is 3.10. The molecule has 0 spiro atoms. The second-order valence-electron chi connectivity index (χ2n) is 5.79. The van der Waals surface area contributed by atoms with E-state index in [1.54, 1.807) is 0 Å². The highest BCUT2D eigenvalue weighted by atomic mass is 16.2. The quantitative estimate of drug-likeness (QED) is 0.914. The van der Waals surface area contributed by atoms with Gasteiger partial charge in [0, 0.05) is 32.4 Å². The maximum absolute atomic E-state index is 12.6. The van der Waals surface area contributed by atoms with Gasteiger partial charge in [0.25, 0.3) is 5.91 Å². The van der Waals surface area contributed by atoms with Crippen LogP contribution in [0, 0.1) is 5.92 Å². The summed E-state index contributed by atoms with van der Waals surface area (Å²) in [4.78, 5) is 16.8. The molecule has 2 rings (SSSR count). The van der Waals surface area contributed by atoms with Crippen LogP contribution in [-0.4, -0.2) is 56.5 Å². The van der Waals surface area contributed by atoms with E-state index in [2.05, 4.69) is 24.3 Å². The van der Waals surface area contributed by atoms with Crippen LogP contribution in [0.5, 0.6) is 0 Å². The molecule has 4 heteroatoms. The van der Waals surface area contributed by atoms with Crippen molar-refractivity contribution in [1.29, 1.82) is 0 Å². The van der Waals surface area contributed by atoms with Gasteiger partial charge in [0.05, 0.1) is 5.56 Å². The molecule has 1 fully saturated rings. The SMILES string of the molecule is CNc1ccccc1C(=O)N1CCC(CN(C)C)CC1. The first-order chi connectivity index (χ1) is 9.61. The van der Waals surface area contributed by atoms with Gasteiger partial charge in [-0.05, 0) is 45.0 Å². The van der Waals surface area contributed by atoms with E-state index in [1.165, 1.54) is 0 Å². The number of para-hydroxylation sites is 1. The van der Waals surface area contributed by atoms with Crippen LogP contribution in [0.25, 0.3) is 0 Å². The minimum Gasteiger partial charge on any atom is -0.387 e. The summed E-state index contributed by atoms with van der Waals surface area (Å²) in [5.41, 5.74) is 1.69. The molecule has 0 aliphatic carbocycles. The Hall–Kier alpha value is -1.55. The minimum atomic E-state index is 0.151. The Labute approximate surface area is 121 Å². The first kappa shape index (κ1) is 14.9. The van der Waals surface area contributed by atoms with E-state index in [1.807, 2.05) is 36.2 Å². The predicted molar refractivity (Wildman–Crippen MR) is 83.2 cm³/mol. The van der Waals surface area contributed by atoms with Gasteiger partial charge in [-0.3, -0.25) is 4.79 Å². The summed E-state index contributed by atoms with van der Waals surface area (Å²) in [6, 6.07) is 7.73. The van der Waals surface area contributed by atoms with Crippen LogP contribution in [0.2, 0.25) is 0 Å². The molecule has 0 unspecified atom stereocenters. The third-order valence-electron chi connectivity index (χ3n) is 3.95. The molecule has 1 saturated heterocycles. The van der Waals surface area contributed by atoms with Gasteiger partial charge in [0.1, 0.15) is 0 Å². The lowest BCUT2D eigenvalue weighted by Crippen LogP contribution is -2.40. The normalized spacial score (nSPS) is 16.5. The Kier molecular flexibility index (Phi) is 5.01. The maximum atomic E-state index is 12.6. The number of anilines is 1. The lowest BCUT2D eigenvalue weighted by molar-refractivity contribution is 0.0679. The maximum Gasteiger partial charge on any atom is 0.255 e. The van der Waals surface area contributed by atoms with E-state index < -0.39 is 0 Å². The van der Waals surface area contributed by atoms with Gasteiger partial charge < -0.3 is 15.1 Å². The number of amides is 1. The lowest BCUT2D eigenvalue weighted by atomic mass is 9.96. The zero-order valence-corrected chi connectivity index (χ0v) is 12.7. The smallest absolute Gasteiger partial charge is 0.255 e. The van der Waals surface area contributed by atoms with Crippen molar-refractivity contribution in [2.24, 2.45) is 5.92 Å². The van der Waals surface area contributed by atoms with E-state index in [9.17, 15) is 4.79 Å². The van der Waals surface area contributed by atoms with Crippen LogP contribution in [-0.2, 0) is 0 Å². The fraction of sp³-hybridized carbons (Fsp3) is 0.562. The largest absolute Gasteiger partial charge is 0.387 e. The number of hydrogen-bond acceptors (Lipinski definition) is 3. The Morgan fingerprint density at radius 2 is 1.95 bits per heavy atom. The molecule has 4 nitrogen and oxygen atoms in total. The standard InChI is InChI=1S/C16H25N3O/c1-17-15-7-5-4-6-14(15)16(20)19-10-8-13(9-11-19)12-18(2)3/h4-7,13,17H,8-12H2,1-3H3. The van der Waals surface area contributed by atoms with Crippen LogP contribution in [0.15, 0.2) is 24.3 Å². The Morgan fingerprint density at radius 3 is 2.55 bits per heavy atom. The highest BCUT2D eigenvalue weighted by molar-refractivity contribution is 5.99. The molecule has 1 amide bonds. The molecule has 0 bridgehead atoms. The van der Waals surface area contributed by atoms with Crippen molar-refractivity contribution in [2.75, 3.05) is 46.1 Å². The number of nitrogens with zero attached hydrogens (tertiary/aromatic N) is 2. The van der Waals surface area contributed by atoms with Crippen LogP contribution in [0.4, 0.5) is 5.69 Å². The van der Waals surface area contributed by atoms with E-state index in [0.717, 1.165) is 43.7 Å². The predicted octanol–water partition coefficient (Wildman–Crippen LogP) is 2.14. The number of nitrogens with one attached hydrogen (secondary N) is 1. The first-order valence-electron chi connectivity index (χ1n) is 7.32. The molecule has 0 atom stereocenters. The van der Waals surface area contributed by atoms with Gasteiger partial charge in [-0.1, -0.05) is 12.1 Å². The lowest BCUT2D eigenvalue weighted by Gasteiger charge is -2.33. The molecule has 1 aliphatic rings. The van der Waals surface area contributed by atoms with Crippen molar-refractivity contribution in [1.82, 2.24) is 9.80 Å². The van der Waals surface area contributed by atoms with Crippen LogP contribution >= 0.6 is 0 Å². The van der Waals surface area contributed by atoms with E-state index >= 15 is 0 Å². The monoisotopic (exact) mass is 275 g/mol. The van der Waals surface area contributed by atoms with Gasteiger partial charge in [-0.15, -0.1) is 0 Å². The number of piperidine rings is 1. The summed E-state index contributed by atoms with van der Waals surface area (Å²) >= 11 is 0. The van der Waals surface area contributed by atoms with E-state index in [-0.39, 0.29) is 5.91 Å². The zero-order valence-electron chi connectivity index (χ0n) is 12.7. The Bertz CT molecular complexity index is 451. The molecule has 20 heavy (non-hydrogen) atoms.